The Labute approximate surface area is 144 Å². The molecule has 25 heavy (non-hydrogen) atoms. The fourth-order valence-electron chi connectivity index (χ4n) is 1.77. The van der Waals surface area contributed by atoms with Crippen LogP contribution in [-0.4, -0.2) is 22.8 Å². The van der Waals surface area contributed by atoms with Crippen LogP contribution in [0.15, 0.2) is 41.0 Å². The molecule has 2 aromatic rings. The molecule has 1 aromatic carbocycles. The minimum Gasteiger partial charge on any atom is -0.484 e. The highest BCUT2D eigenvalue weighted by Gasteiger charge is 2.28. The summed E-state index contributed by atoms with van der Waals surface area (Å²) < 4.78 is 46.4. The molecule has 0 aliphatic carbocycles. The van der Waals surface area contributed by atoms with E-state index in [0.717, 1.165) is 12.1 Å². The lowest BCUT2D eigenvalue weighted by Gasteiger charge is -2.12. The van der Waals surface area contributed by atoms with Crippen LogP contribution < -0.4 is 15.4 Å². The van der Waals surface area contributed by atoms with Gasteiger partial charge in [-0.2, -0.15) is 13.2 Å². The number of ether oxygens (including phenoxy) is 1. The highest BCUT2D eigenvalue weighted by molar-refractivity contribution is 7.80. The zero-order chi connectivity index (χ0) is 18.4. The number of nitrogens with zero attached hydrogens (tertiary/aromatic N) is 1. The van der Waals surface area contributed by atoms with Gasteiger partial charge in [0.15, 0.2) is 11.7 Å². The number of furan rings is 1. The summed E-state index contributed by atoms with van der Waals surface area (Å²) in [5, 5.41) is 16.5. The third kappa shape index (κ3) is 6.30. The quantitative estimate of drug-likeness (QED) is 0.453. The number of alkyl halides is 3. The Morgan fingerprint density at radius 3 is 2.72 bits per heavy atom. The summed E-state index contributed by atoms with van der Waals surface area (Å²) in [5.41, 5.74) is -0.320. The maximum atomic E-state index is 12.2. The van der Waals surface area contributed by atoms with E-state index in [9.17, 15) is 23.3 Å². The van der Waals surface area contributed by atoms with Crippen molar-refractivity contribution in [3.8, 4) is 5.75 Å². The first kappa shape index (κ1) is 18.5. The van der Waals surface area contributed by atoms with Crippen LogP contribution in [0.2, 0.25) is 0 Å². The zero-order valence-electron chi connectivity index (χ0n) is 12.5. The van der Waals surface area contributed by atoms with Crippen LogP contribution in [0.4, 0.5) is 24.5 Å². The van der Waals surface area contributed by atoms with Crippen LogP contribution in [0, 0.1) is 10.1 Å². The Hall–Kier alpha value is -2.82. The fraction of sp³-hybridized carbons (Fsp3) is 0.214. The summed E-state index contributed by atoms with van der Waals surface area (Å²) in [7, 11) is 0. The fourth-order valence-corrected chi connectivity index (χ4v) is 1.96. The van der Waals surface area contributed by atoms with Crippen molar-refractivity contribution in [1.29, 1.82) is 0 Å². The number of anilines is 1. The van der Waals surface area contributed by atoms with Gasteiger partial charge in [0.05, 0.1) is 29.5 Å². The van der Waals surface area contributed by atoms with E-state index in [1.807, 2.05) is 0 Å². The van der Waals surface area contributed by atoms with E-state index in [4.69, 9.17) is 16.6 Å². The normalized spacial score (nSPS) is 11.0. The molecule has 2 N–H and O–H groups in total. The number of hydrogen-bond acceptors (Lipinski definition) is 5. The molecule has 0 atom stereocenters. The standard InChI is InChI=1S/C14H12F3N3O4S/c15-14(16,17)8-24-12-5-9(4-10(6-12)20(21)22)19-13(25)18-7-11-2-1-3-23-11/h1-6H,7-8H2,(H2,18,19,25). The number of hydrogen-bond donors (Lipinski definition) is 2. The SMILES string of the molecule is O=[N+]([O-])c1cc(NC(=S)NCc2ccco2)cc(OCC(F)(F)F)c1. The average Bonchev–Trinajstić information content (AvgIpc) is 3.03. The molecule has 0 saturated heterocycles. The van der Waals surface area contributed by atoms with Crippen molar-refractivity contribution < 1.29 is 27.2 Å². The first-order chi connectivity index (χ1) is 11.7. The third-order valence-electron chi connectivity index (χ3n) is 2.77. The maximum absolute atomic E-state index is 12.2. The smallest absolute Gasteiger partial charge is 0.422 e. The molecule has 1 heterocycles. The van der Waals surface area contributed by atoms with E-state index < -0.39 is 23.4 Å². The second-order valence-corrected chi connectivity index (χ2v) is 5.17. The molecule has 0 unspecified atom stereocenters. The summed E-state index contributed by atoms with van der Waals surface area (Å²) in [5.74, 6) is 0.306. The van der Waals surface area contributed by atoms with Crippen LogP contribution >= 0.6 is 12.2 Å². The molecule has 0 fully saturated rings. The molecule has 134 valence electrons. The van der Waals surface area contributed by atoms with E-state index in [-0.39, 0.29) is 23.1 Å². The summed E-state index contributed by atoms with van der Waals surface area (Å²) in [6, 6.07) is 6.61. The van der Waals surface area contributed by atoms with Gasteiger partial charge in [-0.3, -0.25) is 10.1 Å². The van der Waals surface area contributed by atoms with E-state index in [1.165, 1.54) is 12.3 Å². The van der Waals surface area contributed by atoms with E-state index in [1.54, 1.807) is 12.1 Å². The van der Waals surface area contributed by atoms with Crippen LogP contribution in [-0.2, 0) is 6.54 Å². The monoisotopic (exact) mass is 375 g/mol. The second kappa shape index (κ2) is 7.83. The molecular formula is C14H12F3N3O4S. The molecule has 0 spiro atoms. The van der Waals surface area contributed by atoms with Crippen molar-refractivity contribution in [3.63, 3.8) is 0 Å². The first-order valence-electron chi connectivity index (χ1n) is 6.79. The molecule has 0 aliphatic rings. The molecule has 1 aromatic heterocycles. The summed E-state index contributed by atoms with van der Waals surface area (Å²) in [6.07, 6.45) is -3.07. The third-order valence-corrected chi connectivity index (χ3v) is 3.01. The maximum Gasteiger partial charge on any atom is 0.422 e. The first-order valence-corrected chi connectivity index (χ1v) is 7.20. The lowest BCUT2D eigenvalue weighted by molar-refractivity contribution is -0.384. The van der Waals surface area contributed by atoms with Crippen LogP contribution in [0.5, 0.6) is 5.75 Å². The average molecular weight is 375 g/mol. The van der Waals surface area contributed by atoms with Gasteiger partial charge < -0.3 is 19.8 Å². The molecule has 0 radical (unpaired) electrons. The number of nitro benzene ring substituents is 1. The van der Waals surface area contributed by atoms with Gasteiger partial charge in [0.2, 0.25) is 0 Å². The number of rotatable bonds is 6. The van der Waals surface area contributed by atoms with E-state index >= 15 is 0 Å². The molecule has 0 amide bonds. The molecule has 7 nitrogen and oxygen atoms in total. The lowest BCUT2D eigenvalue weighted by Crippen LogP contribution is -2.27. The summed E-state index contributed by atoms with van der Waals surface area (Å²) in [4.78, 5) is 10.2. The van der Waals surface area contributed by atoms with E-state index in [2.05, 4.69) is 15.4 Å². The van der Waals surface area contributed by atoms with Gasteiger partial charge in [0.1, 0.15) is 11.5 Å². The van der Waals surface area contributed by atoms with Gasteiger partial charge in [0.25, 0.3) is 5.69 Å². The van der Waals surface area contributed by atoms with Gasteiger partial charge in [0, 0.05) is 12.1 Å². The zero-order valence-corrected chi connectivity index (χ0v) is 13.3. The highest BCUT2D eigenvalue weighted by Crippen LogP contribution is 2.27. The lowest BCUT2D eigenvalue weighted by atomic mass is 10.2. The van der Waals surface area contributed by atoms with Crippen molar-refractivity contribution in [3.05, 3.63) is 52.5 Å². The summed E-state index contributed by atoms with van der Waals surface area (Å²) in [6.45, 7) is -1.29. The minimum absolute atomic E-state index is 0.110. The van der Waals surface area contributed by atoms with Gasteiger partial charge in [-0.05, 0) is 24.4 Å². The largest absolute Gasteiger partial charge is 0.484 e. The predicted octanol–water partition coefficient (Wildman–Crippen LogP) is 3.62. The number of benzene rings is 1. The van der Waals surface area contributed by atoms with Crippen molar-refractivity contribution >= 4 is 28.7 Å². The van der Waals surface area contributed by atoms with Crippen molar-refractivity contribution in [2.75, 3.05) is 11.9 Å². The number of halogens is 3. The molecule has 0 saturated carbocycles. The number of nitro groups is 1. The Morgan fingerprint density at radius 1 is 1.36 bits per heavy atom. The highest BCUT2D eigenvalue weighted by atomic mass is 32.1. The Balaban J connectivity index is 2.05. The van der Waals surface area contributed by atoms with Gasteiger partial charge in [-0.1, -0.05) is 0 Å². The number of thiocarbonyl (C=S) groups is 1. The predicted molar refractivity (Wildman–Crippen MR) is 86.4 cm³/mol. The van der Waals surface area contributed by atoms with Crippen molar-refractivity contribution in [2.24, 2.45) is 0 Å². The van der Waals surface area contributed by atoms with Crippen molar-refractivity contribution in [1.82, 2.24) is 5.32 Å². The second-order valence-electron chi connectivity index (χ2n) is 4.76. The topological polar surface area (TPSA) is 89.6 Å². The van der Waals surface area contributed by atoms with Crippen LogP contribution in [0.1, 0.15) is 5.76 Å². The summed E-state index contributed by atoms with van der Waals surface area (Å²) >= 11 is 5.03. The Kier molecular flexibility index (Phi) is 5.80. The van der Waals surface area contributed by atoms with Gasteiger partial charge in [-0.25, -0.2) is 0 Å². The molecule has 11 heteroatoms. The number of nitrogens with one attached hydrogen (secondary N) is 2. The molecule has 0 aliphatic heterocycles. The van der Waals surface area contributed by atoms with Crippen LogP contribution in [0.25, 0.3) is 0 Å². The van der Waals surface area contributed by atoms with Gasteiger partial charge in [-0.15, -0.1) is 0 Å². The van der Waals surface area contributed by atoms with Crippen molar-refractivity contribution in [2.45, 2.75) is 12.7 Å². The molecule has 0 bridgehead atoms. The number of non-ortho nitro benzene ring substituents is 1. The Bertz CT molecular complexity index is 750. The van der Waals surface area contributed by atoms with Crippen LogP contribution in [0.3, 0.4) is 0 Å². The Morgan fingerprint density at radius 2 is 2.12 bits per heavy atom. The van der Waals surface area contributed by atoms with Gasteiger partial charge >= 0.3 is 6.18 Å². The van der Waals surface area contributed by atoms with E-state index in [0.29, 0.717) is 5.76 Å². The molecule has 2 rings (SSSR count). The minimum atomic E-state index is -4.56. The molecular weight excluding hydrogens is 363 g/mol.